The van der Waals surface area contributed by atoms with Crippen LogP contribution in [0.2, 0.25) is 0 Å². The zero-order chi connectivity index (χ0) is 9.97. The van der Waals surface area contributed by atoms with Crippen LogP contribution >= 0.6 is 0 Å². The van der Waals surface area contributed by atoms with Gasteiger partial charge < -0.3 is 15.6 Å². The number of hydrogen-bond acceptors (Lipinski definition) is 3. The van der Waals surface area contributed by atoms with Gasteiger partial charge in [0, 0.05) is 0 Å². The first-order valence-electron chi connectivity index (χ1n) is 4.92. The lowest BCUT2D eigenvalue weighted by Crippen LogP contribution is -2.14. The van der Waals surface area contributed by atoms with Gasteiger partial charge in [0.25, 0.3) is 0 Å². The van der Waals surface area contributed by atoms with Crippen molar-refractivity contribution in [1.82, 2.24) is 0 Å². The number of rotatable bonds is 4. The van der Waals surface area contributed by atoms with E-state index in [0.717, 1.165) is 24.2 Å². The van der Waals surface area contributed by atoms with E-state index in [2.05, 4.69) is 0 Å². The highest BCUT2D eigenvalue weighted by molar-refractivity contribution is 5.29. The van der Waals surface area contributed by atoms with Gasteiger partial charge in [-0.2, -0.15) is 0 Å². The molecule has 0 bridgehead atoms. The van der Waals surface area contributed by atoms with Crippen molar-refractivity contribution in [1.29, 1.82) is 0 Å². The zero-order valence-corrected chi connectivity index (χ0v) is 8.02. The van der Waals surface area contributed by atoms with E-state index in [4.69, 9.17) is 15.6 Å². The standard InChI is InChI=1S/C11H15NO2/c12-11(7-13)8-1-3-9(4-2-8)14-10-5-6-10/h1-4,10-11,13H,5-7,12H2. The Morgan fingerprint density at radius 1 is 1.36 bits per heavy atom. The van der Waals surface area contributed by atoms with Gasteiger partial charge in [-0.3, -0.25) is 0 Å². The van der Waals surface area contributed by atoms with Crippen molar-refractivity contribution in [2.75, 3.05) is 6.61 Å². The molecule has 1 aromatic carbocycles. The summed E-state index contributed by atoms with van der Waals surface area (Å²) in [5, 5.41) is 8.86. The largest absolute Gasteiger partial charge is 0.490 e. The first-order chi connectivity index (χ1) is 6.79. The SMILES string of the molecule is NC(CO)c1ccc(OC2CC2)cc1. The molecule has 1 fully saturated rings. The van der Waals surface area contributed by atoms with Crippen LogP contribution in [0.15, 0.2) is 24.3 Å². The molecule has 0 aliphatic heterocycles. The molecule has 1 aliphatic carbocycles. The van der Waals surface area contributed by atoms with E-state index in [1.165, 1.54) is 0 Å². The number of ether oxygens (including phenoxy) is 1. The molecule has 0 heterocycles. The minimum Gasteiger partial charge on any atom is -0.490 e. The first-order valence-corrected chi connectivity index (χ1v) is 4.92. The van der Waals surface area contributed by atoms with Gasteiger partial charge in [0.15, 0.2) is 0 Å². The molecule has 0 amide bonds. The normalized spacial score (nSPS) is 17.9. The summed E-state index contributed by atoms with van der Waals surface area (Å²) in [4.78, 5) is 0. The monoisotopic (exact) mass is 193 g/mol. The van der Waals surface area contributed by atoms with Crippen LogP contribution in [0.3, 0.4) is 0 Å². The Balaban J connectivity index is 2.01. The third-order valence-corrected chi connectivity index (χ3v) is 2.33. The van der Waals surface area contributed by atoms with Crippen LogP contribution in [-0.4, -0.2) is 17.8 Å². The van der Waals surface area contributed by atoms with E-state index >= 15 is 0 Å². The van der Waals surface area contributed by atoms with Crippen molar-refractivity contribution < 1.29 is 9.84 Å². The fourth-order valence-electron chi connectivity index (χ4n) is 1.28. The molecule has 1 unspecified atom stereocenters. The van der Waals surface area contributed by atoms with Crippen molar-refractivity contribution in [2.45, 2.75) is 25.0 Å². The Morgan fingerprint density at radius 3 is 2.50 bits per heavy atom. The van der Waals surface area contributed by atoms with Crippen LogP contribution in [0.1, 0.15) is 24.4 Å². The molecule has 3 N–H and O–H groups in total. The summed E-state index contributed by atoms with van der Waals surface area (Å²) in [5.74, 6) is 0.890. The molecule has 0 aromatic heterocycles. The van der Waals surface area contributed by atoms with E-state index in [1.54, 1.807) is 0 Å². The number of nitrogens with two attached hydrogens (primary N) is 1. The summed E-state index contributed by atoms with van der Waals surface area (Å²) >= 11 is 0. The van der Waals surface area contributed by atoms with E-state index in [1.807, 2.05) is 24.3 Å². The van der Waals surface area contributed by atoms with Crippen molar-refractivity contribution in [3.8, 4) is 5.75 Å². The summed E-state index contributed by atoms with van der Waals surface area (Å²) in [5.41, 5.74) is 6.61. The van der Waals surface area contributed by atoms with Crippen LogP contribution in [0.25, 0.3) is 0 Å². The van der Waals surface area contributed by atoms with Crippen LogP contribution in [0, 0.1) is 0 Å². The summed E-state index contributed by atoms with van der Waals surface area (Å²) in [7, 11) is 0. The van der Waals surface area contributed by atoms with Gasteiger partial charge in [-0.25, -0.2) is 0 Å². The molecule has 1 aromatic rings. The van der Waals surface area contributed by atoms with Gasteiger partial charge in [-0.05, 0) is 30.5 Å². The maximum Gasteiger partial charge on any atom is 0.119 e. The van der Waals surface area contributed by atoms with Gasteiger partial charge in [0.1, 0.15) is 5.75 Å². The molecule has 1 aliphatic rings. The fourth-order valence-corrected chi connectivity index (χ4v) is 1.28. The van der Waals surface area contributed by atoms with Gasteiger partial charge in [0.2, 0.25) is 0 Å². The second-order valence-electron chi connectivity index (χ2n) is 3.68. The van der Waals surface area contributed by atoms with Gasteiger partial charge in [0.05, 0.1) is 18.8 Å². The Hall–Kier alpha value is -1.06. The molecule has 1 atom stereocenters. The minimum atomic E-state index is -0.287. The molecular formula is C11H15NO2. The maximum absolute atomic E-state index is 8.86. The lowest BCUT2D eigenvalue weighted by Gasteiger charge is -2.09. The molecule has 0 saturated heterocycles. The molecule has 1 saturated carbocycles. The smallest absolute Gasteiger partial charge is 0.119 e. The average molecular weight is 193 g/mol. The third-order valence-electron chi connectivity index (χ3n) is 2.33. The minimum absolute atomic E-state index is 0.0250. The highest BCUT2D eigenvalue weighted by Crippen LogP contribution is 2.27. The summed E-state index contributed by atoms with van der Waals surface area (Å²) in [6, 6.07) is 7.33. The second-order valence-corrected chi connectivity index (χ2v) is 3.68. The number of aliphatic hydroxyl groups excluding tert-OH is 1. The van der Waals surface area contributed by atoms with Crippen LogP contribution in [0.5, 0.6) is 5.75 Å². The van der Waals surface area contributed by atoms with Crippen LogP contribution in [-0.2, 0) is 0 Å². The van der Waals surface area contributed by atoms with Crippen LogP contribution in [0.4, 0.5) is 0 Å². The average Bonchev–Trinajstić information content (AvgIpc) is 3.02. The lowest BCUT2D eigenvalue weighted by atomic mass is 10.1. The maximum atomic E-state index is 8.86. The predicted octanol–water partition coefficient (Wildman–Crippen LogP) is 1.22. The fraction of sp³-hybridized carbons (Fsp3) is 0.455. The summed E-state index contributed by atoms with van der Waals surface area (Å²) in [6.45, 7) is -0.0250. The number of aliphatic hydroxyl groups is 1. The summed E-state index contributed by atoms with van der Waals surface area (Å²) in [6.07, 6.45) is 2.75. The van der Waals surface area contributed by atoms with E-state index in [9.17, 15) is 0 Å². The zero-order valence-electron chi connectivity index (χ0n) is 8.02. The highest BCUT2D eigenvalue weighted by Gasteiger charge is 2.23. The van der Waals surface area contributed by atoms with E-state index in [0.29, 0.717) is 6.10 Å². The van der Waals surface area contributed by atoms with Gasteiger partial charge in [-0.1, -0.05) is 12.1 Å². The van der Waals surface area contributed by atoms with Crippen molar-refractivity contribution in [3.05, 3.63) is 29.8 Å². The van der Waals surface area contributed by atoms with Crippen molar-refractivity contribution in [3.63, 3.8) is 0 Å². The predicted molar refractivity (Wildman–Crippen MR) is 54.1 cm³/mol. The number of hydrogen-bond donors (Lipinski definition) is 2. The second kappa shape index (κ2) is 3.98. The molecule has 3 nitrogen and oxygen atoms in total. The highest BCUT2D eigenvalue weighted by atomic mass is 16.5. The van der Waals surface area contributed by atoms with E-state index in [-0.39, 0.29) is 12.6 Å². The Bertz CT molecular complexity index is 293. The summed E-state index contributed by atoms with van der Waals surface area (Å²) < 4.78 is 5.59. The molecule has 2 rings (SSSR count). The molecule has 76 valence electrons. The number of benzene rings is 1. The molecule has 3 heteroatoms. The Kier molecular flexibility index (Phi) is 2.70. The van der Waals surface area contributed by atoms with Crippen molar-refractivity contribution in [2.24, 2.45) is 5.73 Å². The van der Waals surface area contributed by atoms with E-state index < -0.39 is 0 Å². The Morgan fingerprint density at radius 2 is 2.00 bits per heavy atom. The lowest BCUT2D eigenvalue weighted by molar-refractivity contribution is 0.267. The van der Waals surface area contributed by atoms with Crippen LogP contribution < -0.4 is 10.5 Å². The molecule has 0 radical (unpaired) electrons. The topological polar surface area (TPSA) is 55.5 Å². The first kappa shape index (κ1) is 9.49. The van der Waals surface area contributed by atoms with Gasteiger partial charge >= 0.3 is 0 Å². The quantitative estimate of drug-likeness (QED) is 0.756. The molecule has 0 spiro atoms. The van der Waals surface area contributed by atoms with Crippen molar-refractivity contribution >= 4 is 0 Å². The molecule has 14 heavy (non-hydrogen) atoms. The van der Waals surface area contributed by atoms with Gasteiger partial charge in [-0.15, -0.1) is 0 Å². The third kappa shape index (κ3) is 2.25. The Labute approximate surface area is 83.5 Å². The molecular weight excluding hydrogens is 178 g/mol.